The molecule has 0 amide bonds. The Labute approximate surface area is 149 Å². The number of hydrogen-bond donors (Lipinski definition) is 0. The third-order valence-corrected chi connectivity index (χ3v) is 5.66. The van der Waals surface area contributed by atoms with Gasteiger partial charge < -0.3 is 9.47 Å². The first-order valence-corrected chi connectivity index (χ1v) is 9.18. The van der Waals surface area contributed by atoms with Gasteiger partial charge in [0, 0.05) is 24.3 Å². The van der Waals surface area contributed by atoms with Crippen molar-refractivity contribution in [2.45, 2.75) is 44.8 Å². The average Bonchev–Trinajstić information content (AvgIpc) is 3.22. The fraction of sp³-hybridized carbons (Fsp3) is 0.476. The van der Waals surface area contributed by atoms with Crippen molar-refractivity contribution in [1.82, 2.24) is 9.88 Å². The number of aromatic nitrogens is 1. The van der Waals surface area contributed by atoms with Gasteiger partial charge in [-0.15, -0.1) is 0 Å². The number of rotatable bonds is 6. The summed E-state index contributed by atoms with van der Waals surface area (Å²) >= 11 is 0. The lowest BCUT2D eigenvalue weighted by atomic mass is 9.99. The first-order valence-electron chi connectivity index (χ1n) is 9.18. The van der Waals surface area contributed by atoms with Crippen molar-refractivity contribution >= 4 is 0 Å². The summed E-state index contributed by atoms with van der Waals surface area (Å²) in [7, 11) is 1.68. The maximum absolute atomic E-state index is 6.12. The van der Waals surface area contributed by atoms with Gasteiger partial charge in [0.15, 0.2) is 0 Å². The molecule has 4 rings (SSSR count). The number of benzene rings is 1. The van der Waals surface area contributed by atoms with E-state index in [1.54, 1.807) is 7.11 Å². The van der Waals surface area contributed by atoms with Gasteiger partial charge >= 0.3 is 0 Å². The molecule has 1 aliphatic heterocycles. The molecule has 1 saturated heterocycles. The molecule has 2 aliphatic rings. The van der Waals surface area contributed by atoms with Crippen LogP contribution in [-0.4, -0.2) is 35.7 Å². The highest BCUT2D eigenvalue weighted by atomic mass is 16.5. The van der Waals surface area contributed by atoms with E-state index < -0.39 is 0 Å². The van der Waals surface area contributed by atoms with Crippen molar-refractivity contribution < 1.29 is 9.47 Å². The molecule has 3 atom stereocenters. The third-order valence-electron chi connectivity index (χ3n) is 5.66. The lowest BCUT2D eigenvalue weighted by molar-refractivity contribution is 0.0856. The second-order valence-electron chi connectivity index (χ2n) is 7.22. The number of ether oxygens (including phenoxy) is 2. The van der Waals surface area contributed by atoms with E-state index in [-0.39, 0.29) is 0 Å². The van der Waals surface area contributed by atoms with Crippen molar-refractivity contribution in [3.63, 3.8) is 0 Å². The molecule has 0 radical (unpaired) electrons. The molecule has 4 nitrogen and oxygen atoms in total. The van der Waals surface area contributed by atoms with E-state index in [1.807, 2.05) is 24.3 Å². The SMILES string of the molecule is COc1ccc(OC[C@@H]2[C@H]3CC[C@@H](C3)N2Cc2cccc(C)n2)cc1. The predicted molar refractivity (Wildman–Crippen MR) is 97.9 cm³/mol. The molecule has 2 bridgehead atoms. The minimum absolute atomic E-state index is 0.489. The molecule has 1 aromatic carbocycles. The van der Waals surface area contributed by atoms with Crippen LogP contribution in [0.5, 0.6) is 11.5 Å². The zero-order valence-electron chi connectivity index (χ0n) is 15.0. The Morgan fingerprint density at radius 3 is 2.64 bits per heavy atom. The van der Waals surface area contributed by atoms with Gasteiger partial charge in [0.2, 0.25) is 0 Å². The zero-order valence-corrected chi connectivity index (χ0v) is 15.0. The van der Waals surface area contributed by atoms with Gasteiger partial charge in [-0.25, -0.2) is 0 Å². The van der Waals surface area contributed by atoms with E-state index in [9.17, 15) is 0 Å². The van der Waals surface area contributed by atoms with Gasteiger partial charge in [-0.1, -0.05) is 6.07 Å². The number of nitrogens with zero attached hydrogens (tertiary/aromatic N) is 2. The van der Waals surface area contributed by atoms with Crippen molar-refractivity contribution in [3.8, 4) is 11.5 Å². The van der Waals surface area contributed by atoms with Crippen LogP contribution in [0.4, 0.5) is 0 Å². The van der Waals surface area contributed by atoms with Crippen molar-refractivity contribution in [1.29, 1.82) is 0 Å². The van der Waals surface area contributed by atoms with Gasteiger partial charge in [-0.05, 0) is 68.5 Å². The highest BCUT2D eigenvalue weighted by molar-refractivity contribution is 5.31. The molecular formula is C21H26N2O2. The van der Waals surface area contributed by atoms with Crippen LogP contribution in [0, 0.1) is 12.8 Å². The van der Waals surface area contributed by atoms with Gasteiger partial charge in [0.25, 0.3) is 0 Å². The molecule has 1 aliphatic carbocycles. The smallest absolute Gasteiger partial charge is 0.119 e. The number of aryl methyl sites for hydroxylation is 1. The molecule has 2 fully saturated rings. The third kappa shape index (κ3) is 3.49. The average molecular weight is 338 g/mol. The molecular weight excluding hydrogens is 312 g/mol. The summed E-state index contributed by atoms with van der Waals surface area (Å²) < 4.78 is 11.3. The van der Waals surface area contributed by atoms with Crippen molar-refractivity contribution in [2.24, 2.45) is 5.92 Å². The lowest BCUT2D eigenvalue weighted by Crippen LogP contribution is -2.43. The molecule has 0 unspecified atom stereocenters. The van der Waals surface area contributed by atoms with Gasteiger partial charge in [-0.2, -0.15) is 0 Å². The van der Waals surface area contributed by atoms with Crippen LogP contribution < -0.4 is 9.47 Å². The quantitative estimate of drug-likeness (QED) is 0.802. The number of pyridine rings is 1. The number of hydrogen-bond acceptors (Lipinski definition) is 4. The normalized spacial score (nSPS) is 25.3. The van der Waals surface area contributed by atoms with Crippen LogP contribution in [0.15, 0.2) is 42.5 Å². The number of likely N-dealkylation sites (tertiary alicyclic amines) is 1. The lowest BCUT2D eigenvalue weighted by Gasteiger charge is -2.35. The van der Waals surface area contributed by atoms with Crippen LogP contribution in [0.2, 0.25) is 0 Å². The van der Waals surface area contributed by atoms with E-state index in [1.165, 1.54) is 25.0 Å². The van der Waals surface area contributed by atoms with E-state index in [2.05, 4.69) is 30.0 Å². The maximum atomic E-state index is 6.12. The van der Waals surface area contributed by atoms with E-state index in [4.69, 9.17) is 14.5 Å². The first-order chi connectivity index (χ1) is 12.2. The summed E-state index contributed by atoms with van der Waals surface area (Å²) in [6.07, 6.45) is 3.96. The second kappa shape index (κ2) is 7.04. The molecule has 0 spiro atoms. The molecule has 25 heavy (non-hydrogen) atoms. The second-order valence-corrected chi connectivity index (χ2v) is 7.22. The van der Waals surface area contributed by atoms with Crippen molar-refractivity contribution in [3.05, 3.63) is 53.9 Å². The van der Waals surface area contributed by atoms with E-state index >= 15 is 0 Å². The van der Waals surface area contributed by atoms with Crippen LogP contribution in [-0.2, 0) is 6.54 Å². The highest BCUT2D eigenvalue weighted by Gasteiger charge is 2.45. The highest BCUT2D eigenvalue weighted by Crippen LogP contribution is 2.43. The van der Waals surface area contributed by atoms with E-state index in [0.717, 1.165) is 36.3 Å². The van der Waals surface area contributed by atoms with E-state index in [0.29, 0.717) is 12.1 Å². The molecule has 1 saturated carbocycles. The minimum atomic E-state index is 0.489. The molecule has 1 aromatic heterocycles. The summed E-state index contributed by atoms with van der Waals surface area (Å²) in [5.74, 6) is 2.53. The Morgan fingerprint density at radius 2 is 1.88 bits per heavy atom. The summed E-state index contributed by atoms with van der Waals surface area (Å²) in [6.45, 7) is 3.74. The summed E-state index contributed by atoms with van der Waals surface area (Å²) in [4.78, 5) is 7.32. The standard InChI is InChI=1S/C21H26N2O2/c1-15-4-3-5-17(22-15)13-23-18-7-6-16(12-18)21(23)14-25-20-10-8-19(24-2)9-11-20/h3-5,8-11,16,18,21H,6-7,12-14H2,1-2H3/t16-,18-,21+/m0/s1. The largest absolute Gasteiger partial charge is 0.497 e. The van der Waals surface area contributed by atoms with Crippen LogP contribution in [0.1, 0.15) is 30.7 Å². The van der Waals surface area contributed by atoms with Crippen molar-refractivity contribution in [2.75, 3.05) is 13.7 Å². The fourth-order valence-electron chi connectivity index (χ4n) is 4.39. The molecule has 4 heteroatoms. The maximum Gasteiger partial charge on any atom is 0.119 e. The molecule has 2 heterocycles. The Hall–Kier alpha value is -2.07. The van der Waals surface area contributed by atoms with Crippen LogP contribution in [0.3, 0.4) is 0 Å². The van der Waals surface area contributed by atoms with Crippen LogP contribution >= 0.6 is 0 Å². The summed E-state index contributed by atoms with van der Waals surface area (Å²) in [5, 5.41) is 0. The Morgan fingerprint density at radius 1 is 1.08 bits per heavy atom. The molecule has 0 N–H and O–H groups in total. The Bertz CT molecular complexity index is 716. The van der Waals surface area contributed by atoms with Gasteiger partial charge in [0.05, 0.1) is 12.8 Å². The number of methoxy groups -OCH3 is 1. The number of piperidine rings is 1. The monoisotopic (exact) mass is 338 g/mol. The Balaban J connectivity index is 1.43. The predicted octanol–water partition coefficient (Wildman–Crippen LogP) is 3.83. The first kappa shape index (κ1) is 16.4. The summed E-state index contributed by atoms with van der Waals surface area (Å²) in [5.41, 5.74) is 2.26. The molecule has 132 valence electrons. The molecule has 2 aromatic rings. The zero-order chi connectivity index (χ0) is 17.2. The summed E-state index contributed by atoms with van der Waals surface area (Å²) in [6, 6.07) is 15.4. The topological polar surface area (TPSA) is 34.6 Å². The van der Waals surface area contributed by atoms with Gasteiger partial charge in [-0.3, -0.25) is 9.88 Å². The Kier molecular flexibility index (Phi) is 4.62. The minimum Gasteiger partial charge on any atom is -0.497 e. The number of fused-ring (bicyclic) bond motifs is 2. The van der Waals surface area contributed by atoms with Gasteiger partial charge in [0.1, 0.15) is 18.1 Å². The van der Waals surface area contributed by atoms with Crippen LogP contribution in [0.25, 0.3) is 0 Å². The fourth-order valence-corrected chi connectivity index (χ4v) is 4.39.